The van der Waals surface area contributed by atoms with E-state index in [1.54, 1.807) is 36.2 Å². The zero-order valence-electron chi connectivity index (χ0n) is 17.0. The van der Waals surface area contributed by atoms with Crippen LogP contribution in [0.15, 0.2) is 48.5 Å². The highest BCUT2D eigenvalue weighted by Gasteiger charge is 2.15. The molecule has 0 aliphatic heterocycles. The predicted molar refractivity (Wildman–Crippen MR) is 111 cm³/mol. The molecule has 2 aromatic rings. The Morgan fingerprint density at radius 3 is 2.22 bits per heavy atom. The minimum Gasteiger partial charge on any atom is -0.342 e. The molecule has 0 aliphatic rings. The summed E-state index contributed by atoms with van der Waals surface area (Å²) in [5.41, 5.74) is 3.03. The van der Waals surface area contributed by atoms with E-state index in [4.69, 9.17) is 0 Å². The fraction of sp³-hybridized carbons (Fsp3) is 0.391. The van der Waals surface area contributed by atoms with E-state index in [1.165, 1.54) is 5.56 Å². The first-order valence-electron chi connectivity index (χ1n) is 9.50. The zero-order valence-corrected chi connectivity index (χ0v) is 17.0. The fourth-order valence-electron chi connectivity index (χ4n) is 2.77. The van der Waals surface area contributed by atoms with Crippen molar-refractivity contribution in [3.63, 3.8) is 0 Å². The second-order valence-corrected chi connectivity index (χ2v) is 7.94. The Kier molecular flexibility index (Phi) is 6.78. The Morgan fingerprint density at radius 1 is 1.00 bits per heavy atom. The maximum Gasteiger partial charge on any atom is 0.255 e. The third-order valence-corrected chi connectivity index (χ3v) is 4.57. The van der Waals surface area contributed by atoms with Gasteiger partial charge in [0.05, 0.1) is 0 Å². The van der Waals surface area contributed by atoms with Gasteiger partial charge in [0.2, 0.25) is 0 Å². The normalized spacial score (nSPS) is 11.1. The van der Waals surface area contributed by atoms with E-state index in [0.717, 1.165) is 18.5 Å². The average molecular weight is 367 g/mol. The summed E-state index contributed by atoms with van der Waals surface area (Å²) in [6.45, 7) is 9.27. The summed E-state index contributed by atoms with van der Waals surface area (Å²) in [6, 6.07) is 14.7. The van der Waals surface area contributed by atoms with Crippen LogP contribution in [0.2, 0.25) is 0 Å². The highest BCUT2D eigenvalue weighted by atomic mass is 16.2. The summed E-state index contributed by atoms with van der Waals surface area (Å²) in [5.74, 6) is -0.281. The van der Waals surface area contributed by atoms with Gasteiger partial charge in [0.25, 0.3) is 11.8 Å². The zero-order chi connectivity index (χ0) is 20.0. The number of nitrogens with one attached hydrogen (secondary N) is 1. The van der Waals surface area contributed by atoms with Gasteiger partial charge in [-0.1, -0.05) is 52.3 Å². The second kappa shape index (κ2) is 8.85. The molecular formula is C23H30N2O2. The monoisotopic (exact) mass is 366 g/mol. The van der Waals surface area contributed by atoms with Gasteiger partial charge in [0.1, 0.15) is 0 Å². The molecule has 0 fully saturated rings. The molecule has 2 aromatic carbocycles. The van der Waals surface area contributed by atoms with Crippen LogP contribution >= 0.6 is 0 Å². The second-order valence-electron chi connectivity index (χ2n) is 7.94. The maximum absolute atomic E-state index is 12.6. The van der Waals surface area contributed by atoms with Gasteiger partial charge >= 0.3 is 0 Å². The summed E-state index contributed by atoms with van der Waals surface area (Å²) >= 11 is 0. The van der Waals surface area contributed by atoms with Crippen LogP contribution < -0.4 is 5.32 Å². The topological polar surface area (TPSA) is 49.4 Å². The number of rotatable bonds is 6. The van der Waals surface area contributed by atoms with Crippen LogP contribution in [0.25, 0.3) is 0 Å². The van der Waals surface area contributed by atoms with Crippen molar-refractivity contribution in [2.45, 2.75) is 46.0 Å². The summed E-state index contributed by atoms with van der Waals surface area (Å²) in [7, 11) is 1.79. The van der Waals surface area contributed by atoms with Gasteiger partial charge in [-0.3, -0.25) is 9.59 Å². The van der Waals surface area contributed by atoms with Gasteiger partial charge in [-0.05, 0) is 47.7 Å². The van der Waals surface area contributed by atoms with Gasteiger partial charge < -0.3 is 10.2 Å². The molecule has 4 heteroatoms. The Balaban J connectivity index is 2.10. The van der Waals surface area contributed by atoms with Crippen molar-refractivity contribution in [3.8, 4) is 0 Å². The number of carbonyl (C=O) groups is 2. The third kappa shape index (κ3) is 5.68. The number of amides is 2. The van der Waals surface area contributed by atoms with Crippen LogP contribution in [0.5, 0.6) is 0 Å². The summed E-state index contributed by atoms with van der Waals surface area (Å²) < 4.78 is 0. The molecule has 0 aliphatic carbocycles. The molecule has 0 saturated carbocycles. The maximum atomic E-state index is 12.6. The van der Waals surface area contributed by atoms with Crippen LogP contribution in [-0.4, -0.2) is 30.3 Å². The standard InChI is InChI=1S/C23H30N2O2/c1-6-7-15-25(5)22(27)18-10-8-9-17(16-18)21(26)24-20-13-11-19(12-14-20)23(2,3)4/h8-14,16H,6-7,15H2,1-5H3,(H,24,26). The molecule has 0 spiro atoms. The number of anilines is 1. The van der Waals surface area contributed by atoms with Crippen molar-refractivity contribution in [2.24, 2.45) is 0 Å². The lowest BCUT2D eigenvalue weighted by molar-refractivity contribution is 0.0793. The summed E-state index contributed by atoms with van der Waals surface area (Å²) in [5, 5.41) is 2.90. The van der Waals surface area contributed by atoms with Crippen molar-refractivity contribution in [2.75, 3.05) is 18.9 Å². The largest absolute Gasteiger partial charge is 0.342 e. The van der Waals surface area contributed by atoms with Crippen molar-refractivity contribution in [1.82, 2.24) is 4.90 Å². The van der Waals surface area contributed by atoms with Crippen LogP contribution in [0, 0.1) is 0 Å². The highest BCUT2D eigenvalue weighted by Crippen LogP contribution is 2.23. The number of hydrogen-bond acceptors (Lipinski definition) is 2. The molecule has 2 amide bonds. The fourth-order valence-corrected chi connectivity index (χ4v) is 2.77. The molecule has 0 unspecified atom stereocenters. The molecule has 1 N–H and O–H groups in total. The number of unbranched alkanes of at least 4 members (excludes halogenated alkanes) is 1. The van der Waals surface area contributed by atoms with Crippen LogP contribution in [-0.2, 0) is 5.41 Å². The number of hydrogen-bond donors (Lipinski definition) is 1. The molecule has 0 atom stereocenters. The van der Waals surface area contributed by atoms with Gasteiger partial charge in [0.15, 0.2) is 0 Å². The van der Waals surface area contributed by atoms with E-state index in [1.807, 2.05) is 24.3 Å². The Morgan fingerprint density at radius 2 is 1.63 bits per heavy atom. The minimum atomic E-state index is -0.218. The van der Waals surface area contributed by atoms with Gasteiger partial charge in [-0.25, -0.2) is 0 Å². The van der Waals surface area contributed by atoms with Gasteiger partial charge in [-0.2, -0.15) is 0 Å². The summed E-state index contributed by atoms with van der Waals surface area (Å²) in [4.78, 5) is 26.8. The molecule has 27 heavy (non-hydrogen) atoms. The molecule has 0 bridgehead atoms. The highest BCUT2D eigenvalue weighted by molar-refractivity contribution is 6.06. The molecule has 144 valence electrons. The van der Waals surface area contributed by atoms with E-state index in [0.29, 0.717) is 17.7 Å². The van der Waals surface area contributed by atoms with Gasteiger partial charge in [-0.15, -0.1) is 0 Å². The first kappa shape index (κ1) is 20.7. The van der Waals surface area contributed by atoms with E-state index < -0.39 is 0 Å². The molecule has 0 saturated heterocycles. The van der Waals surface area contributed by atoms with E-state index >= 15 is 0 Å². The average Bonchev–Trinajstić information content (AvgIpc) is 2.65. The number of carbonyl (C=O) groups excluding carboxylic acids is 2. The van der Waals surface area contributed by atoms with Crippen LogP contribution in [0.3, 0.4) is 0 Å². The Bertz CT molecular complexity index is 789. The van der Waals surface area contributed by atoms with Crippen LogP contribution in [0.1, 0.15) is 66.8 Å². The first-order chi connectivity index (χ1) is 12.7. The van der Waals surface area contributed by atoms with Crippen LogP contribution in [0.4, 0.5) is 5.69 Å². The van der Waals surface area contributed by atoms with Crippen molar-refractivity contribution in [3.05, 3.63) is 65.2 Å². The Labute approximate surface area is 162 Å². The number of benzene rings is 2. The molecule has 0 aromatic heterocycles. The lowest BCUT2D eigenvalue weighted by Gasteiger charge is -2.19. The first-order valence-corrected chi connectivity index (χ1v) is 9.50. The lowest BCUT2D eigenvalue weighted by Crippen LogP contribution is -2.28. The minimum absolute atomic E-state index is 0.0624. The van der Waals surface area contributed by atoms with E-state index in [9.17, 15) is 9.59 Å². The molecule has 0 radical (unpaired) electrons. The van der Waals surface area contributed by atoms with Crippen molar-refractivity contribution >= 4 is 17.5 Å². The molecule has 0 heterocycles. The van der Waals surface area contributed by atoms with Crippen molar-refractivity contribution < 1.29 is 9.59 Å². The van der Waals surface area contributed by atoms with Crippen molar-refractivity contribution in [1.29, 1.82) is 0 Å². The third-order valence-electron chi connectivity index (χ3n) is 4.57. The van der Waals surface area contributed by atoms with E-state index in [-0.39, 0.29) is 17.2 Å². The molecule has 2 rings (SSSR count). The lowest BCUT2D eigenvalue weighted by atomic mass is 9.87. The predicted octanol–water partition coefficient (Wildman–Crippen LogP) is 5.11. The van der Waals surface area contributed by atoms with Gasteiger partial charge in [0, 0.05) is 30.4 Å². The number of nitrogens with zero attached hydrogens (tertiary/aromatic N) is 1. The smallest absolute Gasteiger partial charge is 0.255 e. The molecule has 4 nitrogen and oxygen atoms in total. The SMILES string of the molecule is CCCCN(C)C(=O)c1cccc(C(=O)Nc2ccc(C(C)(C)C)cc2)c1. The van der Waals surface area contributed by atoms with E-state index in [2.05, 4.69) is 33.0 Å². The summed E-state index contributed by atoms with van der Waals surface area (Å²) in [6.07, 6.45) is 2.00. The molecular weight excluding hydrogens is 336 g/mol. The Hall–Kier alpha value is -2.62. The quantitative estimate of drug-likeness (QED) is 0.772.